The number of carbonyl (C=O) groups is 5. The van der Waals surface area contributed by atoms with Crippen LogP contribution < -0.4 is 23.7 Å². The Morgan fingerprint density at radius 1 is 0.673 bits per heavy atom. The maximum Gasteiger partial charge on any atom is 0.313 e. The molecule has 0 amide bonds. The molecule has 3 aromatic rings. The Morgan fingerprint density at radius 3 is 1.53 bits per heavy atom. The van der Waals surface area contributed by atoms with Crippen LogP contribution in [-0.4, -0.2) is 35.0 Å². The second-order valence-corrected chi connectivity index (χ2v) is 12.3. The summed E-state index contributed by atoms with van der Waals surface area (Å²) >= 11 is 0. The third-order valence-corrected chi connectivity index (χ3v) is 8.16. The number of esters is 4. The largest absolute Gasteiger partial charge is 0.481 e. The fourth-order valence-corrected chi connectivity index (χ4v) is 5.78. The van der Waals surface area contributed by atoms with Crippen molar-refractivity contribution in [3.63, 3.8) is 0 Å². The molecule has 1 N–H and O–H groups in total. The first-order valence-electron chi connectivity index (χ1n) is 15.1. The summed E-state index contributed by atoms with van der Waals surface area (Å²) in [4.78, 5) is 61.8. The summed E-state index contributed by atoms with van der Waals surface area (Å²) < 4.78 is 35.0. The van der Waals surface area contributed by atoms with Crippen molar-refractivity contribution < 1.29 is 57.5 Å². The summed E-state index contributed by atoms with van der Waals surface area (Å²) in [5.74, 6) is -3.21. The predicted molar refractivity (Wildman–Crippen MR) is 174 cm³/mol. The van der Waals surface area contributed by atoms with Crippen LogP contribution in [-0.2, 0) is 52.6 Å². The van der Waals surface area contributed by atoms with Crippen LogP contribution in [0.4, 0.5) is 0 Å². The Bertz CT molecular complexity index is 1950. The second-order valence-electron chi connectivity index (χ2n) is 12.3. The van der Waals surface area contributed by atoms with Crippen LogP contribution in [0.25, 0.3) is 11.5 Å². The Labute approximate surface area is 281 Å². The molecule has 2 heterocycles. The molecule has 0 aromatic heterocycles. The minimum Gasteiger partial charge on any atom is -0.481 e. The first kappa shape index (κ1) is 34.4. The average Bonchev–Trinajstić information content (AvgIpc) is 2.96. The van der Waals surface area contributed by atoms with Gasteiger partial charge < -0.3 is 33.5 Å². The molecule has 0 fully saturated rings. The van der Waals surface area contributed by atoms with Crippen LogP contribution in [0.15, 0.2) is 55.6 Å². The molecule has 12 heteroatoms. The highest BCUT2D eigenvalue weighted by Crippen LogP contribution is 2.52. The van der Waals surface area contributed by atoms with Crippen molar-refractivity contribution in [3.8, 4) is 28.7 Å². The van der Waals surface area contributed by atoms with Crippen molar-refractivity contribution in [2.24, 2.45) is 0 Å². The van der Waals surface area contributed by atoms with Gasteiger partial charge in [0.25, 0.3) is 0 Å². The lowest BCUT2D eigenvalue weighted by atomic mass is 9.68. The summed E-state index contributed by atoms with van der Waals surface area (Å²) in [5.41, 5.74) is -0.703. The first-order chi connectivity index (χ1) is 22.9. The SMILES string of the molecule is C=C1Oc2cc(cc(C(C)(C)C(=O)O)c2)OC(=C)c2cc(OC(C)=O)c3c(c2)C(OC(C)=O)(Cc2c(OC(C)=O)cc1cc2OC(C)=O)C3. The number of hydrogen-bond acceptors (Lipinski definition) is 11. The zero-order valence-electron chi connectivity index (χ0n) is 27.8. The van der Waals surface area contributed by atoms with Crippen LogP contribution in [0.3, 0.4) is 0 Å². The molecule has 3 aromatic carbocycles. The Hall–Kier alpha value is -5.91. The molecule has 0 saturated carbocycles. The van der Waals surface area contributed by atoms with Crippen molar-refractivity contribution in [2.45, 2.75) is 65.4 Å². The van der Waals surface area contributed by atoms with E-state index in [4.69, 9.17) is 28.4 Å². The third-order valence-electron chi connectivity index (χ3n) is 8.16. The first-order valence-corrected chi connectivity index (χ1v) is 15.1. The van der Waals surface area contributed by atoms with E-state index in [9.17, 15) is 29.1 Å². The lowest BCUT2D eigenvalue weighted by Crippen LogP contribution is -2.45. The van der Waals surface area contributed by atoms with E-state index in [1.54, 1.807) is 12.1 Å². The molecule has 49 heavy (non-hydrogen) atoms. The highest BCUT2D eigenvalue weighted by atomic mass is 16.6. The molecule has 1 unspecified atom stereocenters. The zero-order valence-corrected chi connectivity index (χ0v) is 27.8. The van der Waals surface area contributed by atoms with Crippen LogP contribution >= 0.6 is 0 Å². The van der Waals surface area contributed by atoms with Crippen molar-refractivity contribution >= 4 is 41.4 Å². The number of ether oxygens (including phenoxy) is 6. The van der Waals surface area contributed by atoms with Crippen LogP contribution in [0.1, 0.15) is 74.9 Å². The molecule has 0 radical (unpaired) electrons. The zero-order chi connectivity index (χ0) is 36.0. The second kappa shape index (κ2) is 12.6. The third kappa shape index (κ3) is 6.89. The van der Waals surface area contributed by atoms with Gasteiger partial charge in [0, 0.05) is 74.4 Å². The number of carboxylic acid groups (broad SMARTS) is 1. The molecule has 0 spiro atoms. The van der Waals surface area contributed by atoms with E-state index in [1.807, 2.05) is 0 Å². The van der Waals surface area contributed by atoms with E-state index in [1.165, 1.54) is 71.9 Å². The fraction of sp³-hybridized carbons (Fsp3) is 0.270. The van der Waals surface area contributed by atoms with Crippen LogP contribution in [0, 0.1) is 0 Å². The summed E-state index contributed by atoms with van der Waals surface area (Å²) in [6.45, 7) is 16.0. The molecule has 0 saturated heterocycles. The number of hydrogen-bond donors (Lipinski definition) is 1. The predicted octanol–water partition coefficient (Wildman–Crippen LogP) is 5.79. The molecule has 6 bridgehead atoms. The molecule has 254 valence electrons. The maximum atomic E-state index is 12.6. The smallest absolute Gasteiger partial charge is 0.313 e. The maximum absolute atomic E-state index is 12.6. The summed E-state index contributed by atoms with van der Waals surface area (Å²) in [7, 11) is 0. The van der Waals surface area contributed by atoms with E-state index in [-0.39, 0.29) is 64.2 Å². The minimum atomic E-state index is -1.42. The standard InChI is InChI=1S/C37H34O12/c1-18-24-9-31-29(32(10-24)46-20(3)38)16-37(31,49-23(6)41)17-30-33(47-21(4)39)11-25(12-34(30)48-22(5)40)19(2)45-28-14-26(13-27(15-28)44-18)36(7,8)35(42)43/h9-15H,1-2,16-17H2,3-8H3,(H,42,43). The van der Waals surface area contributed by atoms with Gasteiger partial charge in [0.2, 0.25) is 0 Å². The topological polar surface area (TPSA) is 161 Å². The van der Waals surface area contributed by atoms with Gasteiger partial charge in [-0.2, -0.15) is 0 Å². The molecule has 3 aliphatic rings. The lowest BCUT2D eigenvalue weighted by molar-refractivity contribution is -0.162. The van der Waals surface area contributed by atoms with Crippen molar-refractivity contribution in [2.75, 3.05) is 0 Å². The van der Waals surface area contributed by atoms with E-state index in [2.05, 4.69) is 13.2 Å². The quantitative estimate of drug-likeness (QED) is 0.249. The lowest BCUT2D eigenvalue weighted by Gasteiger charge is -2.44. The van der Waals surface area contributed by atoms with Crippen molar-refractivity contribution in [3.05, 3.63) is 89.0 Å². The molecule has 6 rings (SSSR count). The monoisotopic (exact) mass is 670 g/mol. The summed E-state index contributed by atoms with van der Waals surface area (Å²) in [5, 5.41) is 10.0. The van der Waals surface area contributed by atoms with E-state index >= 15 is 0 Å². The number of rotatable bonds is 6. The van der Waals surface area contributed by atoms with Gasteiger partial charge in [-0.15, -0.1) is 0 Å². The molecule has 2 aliphatic heterocycles. The number of fused-ring (bicyclic) bond motifs is 4. The van der Waals surface area contributed by atoms with Gasteiger partial charge in [-0.05, 0) is 55.8 Å². The van der Waals surface area contributed by atoms with Crippen molar-refractivity contribution in [1.29, 1.82) is 0 Å². The minimum absolute atomic E-state index is 0.0207. The highest BCUT2D eigenvalue weighted by Gasteiger charge is 2.50. The Morgan fingerprint density at radius 2 is 1.10 bits per heavy atom. The highest BCUT2D eigenvalue weighted by molar-refractivity contribution is 5.81. The summed E-state index contributed by atoms with van der Waals surface area (Å²) in [6.07, 6.45) is -0.0637. The molecule has 12 nitrogen and oxygen atoms in total. The Balaban J connectivity index is 1.84. The van der Waals surface area contributed by atoms with Gasteiger partial charge in [0.05, 0.1) is 5.41 Å². The molecular formula is C37H34O12. The Kier molecular flexibility index (Phi) is 8.85. The number of aliphatic carboxylic acids is 1. The van der Waals surface area contributed by atoms with Gasteiger partial charge in [0.15, 0.2) is 0 Å². The van der Waals surface area contributed by atoms with Gasteiger partial charge in [-0.25, -0.2) is 0 Å². The fourth-order valence-electron chi connectivity index (χ4n) is 5.78. The molecular weight excluding hydrogens is 636 g/mol. The summed E-state index contributed by atoms with van der Waals surface area (Å²) in [6, 6.07) is 10.7. The van der Waals surface area contributed by atoms with Gasteiger partial charge in [0.1, 0.15) is 45.9 Å². The van der Waals surface area contributed by atoms with Gasteiger partial charge >= 0.3 is 29.8 Å². The number of benzene rings is 3. The van der Waals surface area contributed by atoms with Crippen LogP contribution in [0.5, 0.6) is 28.7 Å². The van der Waals surface area contributed by atoms with Gasteiger partial charge in [-0.1, -0.05) is 13.2 Å². The number of carboxylic acids is 1. The normalized spacial score (nSPS) is 16.4. The molecule has 1 atom stereocenters. The van der Waals surface area contributed by atoms with Crippen LogP contribution in [0.2, 0.25) is 0 Å². The van der Waals surface area contributed by atoms with E-state index in [0.29, 0.717) is 22.3 Å². The number of carbonyl (C=O) groups excluding carboxylic acids is 4. The van der Waals surface area contributed by atoms with Gasteiger partial charge in [-0.3, -0.25) is 24.0 Å². The average molecular weight is 671 g/mol. The van der Waals surface area contributed by atoms with E-state index < -0.39 is 40.9 Å². The van der Waals surface area contributed by atoms with E-state index in [0.717, 1.165) is 0 Å². The molecule has 1 aliphatic carbocycles. The van der Waals surface area contributed by atoms with Crippen molar-refractivity contribution in [1.82, 2.24) is 0 Å².